The van der Waals surface area contributed by atoms with Crippen LogP contribution in [0.3, 0.4) is 0 Å². The number of aliphatic hydroxyl groups is 1. The van der Waals surface area contributed by atoms with E-state index in [1.165, 1.54) is 0 Å². The van der Waals surface area contributed by atoms with Gasteiger partial charge in [0.2, 0.25) is 10.0 Å². The van der Waals surface area contributed by atoms with Crippen LogP contribution in [0, 0.1) is 11.7 Å². The molecular formula is C28H28F8N2O6S2. The van der Waals surface area contributed by atoms with Crippen LogP contribution in [0.4, 0.5) is 35.1 Å². The first kappa shape index (κ1) is 34.5. The van der Waals surface area contributed by atoms with Gasteiger partial charge in [-0.15, -0.1) is 0 Å². The van der Waals surface area contributed by atoms with Gasteiger partial charge in [0.25, 0.3) is 5.91 Å². The van der Waals surface area contributed by atoms with E-state index in [2.05, 4.69) is 5.32 Å². The van der Waals surface area contributed by atoms with E-state index < -0.39 is 95.5 Å². The molecule has 254 valence electrons. The summed E-state index contributed by atoms with van der Waals surface area (Å²) in [4.78, 5) is 12.7. The van der Waals surface area contributed by atoms with Crippen molar-refractivity contribution < 1.29 is 61.9 Å². The van der Waals surface area contributed by atoms with Crippen molar-refractivity contribution in [3.05, 3.63) is 65.0 Å². The maximum absolute atomic E-state index is 15.1. The van der Waals surface area contributed by atoms with E-state index in [0.717, 1.165) is 40.9 Å². The Hall–Kier alpha value is -2.83. The third kappa shape index (κ3) is 5.19. The van der Waals surface area contributed by atoms with Crippen LogP contribution in [0.5, 0.6) is 0 Å². The summed E-state index contributed by atoms with van der Waals surface area (Å²) in [5.74, 6) is -2.84. The fourth-order valence-electron chi connectivity index (χ4n) is 6.97. The van der Waals surface area contributed by atoms with E-state index in [4.69, 9.17) is 0 Å². The molecule has 0 bridgehead atoms. The summed E-state index contributed by atoms with van der Waals surface area (Å²) in [6, 6.07) is 4.00. The molecule has 2 aliphatic carbocycles. The van der Waals surface area contributed by atoms with Crippen molar-refractivity contribution in [2.45, 2.75) is 71.4 Å². The first-order valence-corrected chi connectivity index (χ1v) is 17.3. The van der Waals surface area contributed by atoms with E-state index in [-0.39, 0.29) is 49.3 Å². The molecule has 8 nitrogen and oxygen atoms in total. The maximum Gasteiger partial charge on any atom is 0.435 e. The number of aryl methyl sites for hydroxylation is 1. The second-order valence-electron chi connectivity index (χ2n) is 12.1. The molecule has 1 saturated heterocycles. The summed E-state index contributed by atoms with van der Waals surface area (Å²) in [7, 11) is -8.38. The number of sulfonamides is 1. The summed E-state index contributed by atoms with van der Waals surface area (Å²) >= 11 is 0. The van der Waals surface area contributed by atoms with Crippen LogP contribution in [0.15, 0.2) is 47.4 Å². The number of hydrogen-bond acceptors (Lipinski definition) is 6. The van der Waals surface area contributed by atoms with E-state index in [1.54, 1.807) is 0 Å². The SMILES string of the molecule is CS(=O)(=O)N1CC(O)(C(=O)N[C@@H]2CC[C@@]3(S(=O)(=O)c4ccc(F)cc4)c4ccc(C(F)(C(F)(F)F)C(F)(F)F)cc4CCC[C@@H]23)C1. The predicted molar refractivity (Wildman–Crippen MR) is 146 cm³/mol. The van der Waals surface area contributed by atoms with E-state index in [0.29, 0.717) is 6.07 Å². The fraction of sp³-hybridized carbons (Fsp3) is 0.536. The molecule has 0 radical (unpaired) electrons. The second kappa shape index (κ2) is 10.8. The number of β-amino-alcohol motifs (C(OH)–C–C–N with tert-alkyl or cyclic N) is 1. The minimum absolute atomic E-state index is 0.0115. The molecule has 2 aromatic carbocycles. The molecule has 0 aromatic heterocycles. The lowest BCUT2D eigenvalue weighted by molar-refractivity contribution is -0.348. The Morgan fingerprint density at radius 1 is 0.935 bits per heavy atom. The Bertz CT molecular complexity index is 1740. The molecule has 3 atom stereocenters. The number of nitrogens with one attached hydrogen (secondary N) is 1. The highest BCUT2D eigenvalue weighted by molar-refractivity contribution is 7.92. The van der Waals surface area contributed by atoms with Gasteiger partial charge >= 0.3 is 18.0 Å². The highest BCUT2D eigenvalue weighted by Gasteiger charge is 2.73. The Labute approximate surface area is 258 Å². The summed E-state index contributed by atoms with van der Waals surface area (Å²) in [5.41, 5.74) is -10.1. The Kier molecular flexibility index (Phi) is 8.14. The van der Waals surface area contributed by atoms with Crippen molar-refractivity contribution in [1.82, 2.24) is 9.62 Å². The number of carbonyl (C=O) groups is 1. The molecule has 1 amide bonds. The highest BCUT2D eigenvalue weighted by atomic mass is 32.2. The lowest BCUT2D eigenvalue weighted by Gasteiger charge is -2.44. The number of benzene rings is 2. The zero-order chi connectivity index (χ0) is 34.3. The third-order valence-corrected chi connectivity index (χ3v) is 13.1. The van der Waals surface area contributed by atoms with E-state index >= 15 is 4.39 Å². The second-order valence-corrected chi connectivity index (χ2v) is 16.2. The number of carbonyl (C=O) groups excluding carboxylic acids is 1. The maximum atomic E-state index is 15.1. The molecule has 0 unspecified atom stereocenters. The molecule has 1 heterocycles. The van der Waals surface area contributed by atoms with Gasteiger partial charge < -0.3 is 10.4 Å². The average Bonchev–Trinajstić information content (AvgIpc) is 3.18. The van der Waals surface area contributed by atoms with Crippen molar-refractivity contribution in [1.29, 1.82) is 0 Å². The number of hydrogen-bond donors (Lipinski definition) is 2. The van der Waals surface area contributed by atoms with Gasteiger partial charge in [-0.1, -0.05) is 18.2 Å². The summed E-state index contributed by atoms with van der Waals surface area (Å²) in [6.45, 7) is -1.13. The smallest absolute Gasteiger partial charge is 0.377 e. The summed E-state index contributed by atoms with van der Waals surface area (Å²) in [6.07, 6.45) is -12.6. The summed E-state index contributed by atoms with van der Waals surface area (Å²) < 4.78 is 162. The van der Waals surface area contributed by atoms with Gasteiger partial charge in [-0.2, -0.15) is 30.6 Å². The molecule has 5 rings (SSSR count). The Balaban J connectivity index is 1.62. The van der Waals surface area contributed by atoms with Crippen LogP contribution in [0.2, 0.25) is 0 Å². The molecule has 0 spiro atoms. The number of amides is 1. The number of rotatable bonds is 6. The number of alkyl halides is 7. The molecule has 2 aromatic rings. The Morgan fingerprint density at radius 2 is 1.52 bits per heavy atom. The number of fused-ring (bicyclic) bond motifs is 3. The van der Waals surface area contributed by atoms with Crippen molar-refractivity contribution in [3.8, 4) is 0 Å². The topological polar surface area (TPSA) is 121 Å². The molecule has 18 heteroatoms. The van der Waals surface area contributed by atoms with Gasteiger partial charge in [0.1, 0.15) is 10.6 Å². The van der Waals surface area contributed by atoms with Crippen LogP contribution in [0.25, 0.3) is 0 Å². The largest absolute Gasteiger partial charge is 0.435 e. The minimum Gasteiger partial charge on any atom is -0.377 e. The summed E-state index contributed by atoms with van der Waals surface area (Å²) in [5, 5.41) is 13.3. The van der Waals surface area contributed by atoms with Gasteiger partial charge in [-0.3, -0.25) is 4.79 Å². The van der Waals surface area contributed by atoms with Gasteiger partial charge in [0.05, 0.1) is 24.2 Å². The zero-order valence-corrected chi connectivity index (χ0v) is 25.6. The number of halogens is 8. The van der Waals surface area contributed by atoms with E-state index in [1.807, 2.05) is 0 Å². The third-order valence-electron chi connectivity index (χ3n) is 9.30. The van der Waals surface area contributed by atoms with Gasteiger partial charge in [0.15, 0.2) is 15.4 Å². The van der Waals surface area contributed by atoms with Gasteiger partial charge in [-0.05, 0) is 67.5 Å². The quantitative estimate of drug-likeness (QED) is 0.347. The standard InChI is InChI=1S/C28H28F8N2O6S2/c1-45(41,42)38-14-24(40,15-38)23(39)37-22-11-12-25(46(43,44)19-8-6-18(29)7-9-19)20-10-5-17(13-16(20)3-2-4-21(22)25)26(30,27(31,32)33)28(34,35)36/h5-10,13,21-22,40H,2-4,11-12,14-15H2,1H3,(H,37,39)/t21-,22+,25+/m0/s1. The van der Waals surface area contributed by atoms with Crippen LogP contribution >= 0.6 is 0 Å². The lowest BCUT2D eigenvalue weighted by Crippen LogP contribution is -2.70. The molecule has 1 saturated carbocycles. The van der Waals surface area contributed by atoms with Gasteiger partial charge in [0, 0.05) is 17.5 Å². The molecule has 2 fully saturated rings. The van der Waals surface area contributed by atoms with Crippen molar-refractivity contribution in [3.63, 3.8) is 0 Å². The van der Waals surface area contributed by atoms with Crippen molar-refractivity contribution in [2.75, 3.05) is 19.3 Å². The van der Waals surface area contributed by atoms with Crippen LogP contribution in [-0.2, 0) is 41.5 Å². The Morgan fingerprint density at radius 3 is 2.07 bits per heavy atom. The van der Waals surface area contributed by atoms with Crippen LogP contribution in [-0.4, -0.2) is 75.5 Å². The lowest BCUT2D eigenvalue weighted by atomic mass is 9.82. The zero-order valence-electron chi connectivity index (χ0n) is 23.9. The molecular weight excluding hydrogens is 676 g/mol. The van der Waals surface area contributed by atoms with Crippen LogP contribution in [0.1, 0.15) is 42.4 Å². The number of sulfone groups is 1. The number of nitrogens with zero attached hydrogens (tertiary/aromatic N) is 1. The first-order chi connectivity index (χ1) is 21.0. The van der Waals surface area contributed by atoms with E-state index in [9.17, 15) is 57.5 Å². The normalized spacial score (nSPS) is 25.6. The van der Waals surface area contributed by atoms with Crippen molar-refractivity contribution >= 4 is 25.8 Å². The first-order valence-electron chi connectivity index (χ1n) is 13.9. The fourth-order valence-corrected chi connectivity index (χ4v) is 10.3. The van der Waals surface area contributed by atoms with Crippen LogP contribution < -0.4 is 5.32 Å². The van der Waals surface area contributed by atoms with Crippen molar-refractivity contribution in [2.24, 2.45) is 5.92 Å². The predicted octanol–water partition coefficient (Wildman–Crippen LogP) is 4.02. The molecule has 2 N–H and O–H groups in total. The minimum atomic E-state index is -6.40. The molecule has 46 heavy (non-hydrogen) atoms. The highest BCUT2D eigenvalue weighted by Crippen LogP contribution is 2.58. The molecule has 1 aliphatic heterocycles. The monoisotopic (exact) mass is 704 g/mol. The molecule has 3 aliphatic rings. The average molecular weight is 705 g/mol. The van der Waals surface area contributed by atoms with Gasteiger partial charge in [-0.25, -0.2) is 25.6 Å².